The number of H-pyrrole nitrogens is 1. The number of nitrogens with zero attached hydrogens (tertiary/aromatic N) is 3. The van der Waals surface area contributed by atoms with Crippen molar-refractivity contribution in [3.8, 4) is 0 Å². The van der Waals surface area contributed by atoms with E-state index in [0.717, 1.165) is 24.6 Å². The Balaban J connectivity index is 0.00000225. The maximum Gasteiger partial charge on any atom is 0.193 e. The van der Waals surface area contributed by atoms with Gasteiger partial charge in [-0.2, -0.15) is 0 Å². The van der Waals surface area contributed by atoms with Crippen LogP contribution in [-0.4, -0.2) is 41.5 Å². The lowest BCUT2D eigenvalue weighted by atomic mass is 10.1. The molecule has 3 rings (SSSR count). The molecule has 3 aromatic rings. The second kappa shape index (κ2) is 9.41. The van der Waals surface area contributed by atoms with Crippen molar-refractivity contribution in [2.24, 2.45) is 4.99 Å². The molecule has 2 heterocycles. The highest BCUT2D eigenvalue weighted by Gasteiger charge is 2.05. The lowest BCUT2D eigenvalue weighted by molar-refractivity contribution is 0.579. The molecular formula is C19H24IN5. The number of benzene rings is 1. The van der Waals surface area contributed by atoms with Crippen molar-refractivity contribution in [2.45, 2.75) is 13.0 Å². The maximum absolute atomic E-state index is 4.69. The molecule has 25 heavy (non-hydrogen) atoms. The Morgan fingerprint density at radius 2 is 1.96 bits per heavy atom. The van der Waals surface area contributed by atoms with Gasteiger partial charge in [-0.05, 0) is 29.7 Å². The van der Waals surface area contributed by atoms with Gasteiger partial charge in [0.25, 0.3) is 0 Å². The normalized spacial score (nSPS) is 11.2. The summed E-state index contributed by atoms with van der Waals surface area (Å²) in [6.45, 7) is 1.51. The summed E-state index contributed by atoms with van der Waals surface area (Å²) >= 11 is 0. The molecule has 0 saturated heterocycles. The van der Waals surface area contributed by atoms with E-state index in [1.807, 2.05) is 49.5 Å². The Labute approximate surface area is 165 Å². The third kappa shape index (κ3) is 5.19. The summed E-state index contributed by atoms with van der Waals surface area (Å²) in [4.78, 5) is 14.2. The molecule has 0 radical (unpaired) electrons. The summed E-state index contributed by atoms with van der Waals surface area (Å²) in [5, 5.41) is 4.62. The molecule has 0 unspecified atom stereocenters. The van der Waals surface area contributed by atoms with E-state index < -0.39 is 0 Å². The Hall–Kier alpha value is -2.09. The van der Waals surface area contributed by atoms with E-state index in [1.165, 1.54) is 16.5 Å². The van der Waals surface area contributed by atoms with Crippen LogP contribution in [0.25, 0.3) is 11.0 Å². The second-order valence-corrected chi connectivity index (χ2v) is 5.91. The third-order valence-corrected chi connectivity index (χ3v) is 3.89. The average Bonchev–Trinajstić information content (AvgIpc) is 3.02. The number of guanidine groups is 1. The molecule has 2 aromatic heterocycles. The van der Waals surface area contributed by atoms with Crippen LogP contribution in [0, 0.1) is 0 Å². The zero-order valence-corrected chi connectivity index (χ0v) is 16.9. The SMILES string of the molecule is CN(C)C(=NCc1ccccc1)NCCc1c[nH]c2ncccc12.I. The fraction of sp³-hybridized carbons (Fsp3) is 0.263. The standard InChI is InChI=1S/C19H23N5.HI/c1-24(2)19(23-13-15-7-4-3-5-8-15)21-12-10-16-14-22-18-17(16)9-6-11-20-18;/h3-9,11,14H,10,12-13H2,1-2H3,(H,20,22)(H,21,23);1H. The fourth-order valence-corrected chi connectivity index (χ4v) is 2.63. The number of aromatic nitrogens is 2. The summed E-state index contributed by atoms with van der Waals surface area (Å²) in [5.41, 5.74) is 3.42. The molecule has 132 valence electrons. The van der Waals surface area contributed by atoms with Gasteiger partial charge in [0, 0.05) is 38.4 Å². The highest BCUT2D eigenvalue weighted by molar-refractivity contribution is 14.0. The van der Waals surface area contributed by atoms with Crippen molar-refractivity contribution < 1.29 is 0 Å². The van der Waals surface area contributed by atoms with Crippen LogP contribution < -0.4 is 5.32 Å². The Morgan fingerprint density at radius 1 is 1.16 bits per heavy atom. The van der Waals surface area contributed by atoms with Gasteiger partial charge in [-0.3, -0.25) is 0 Å². The van der Waals surface area contributed by atoms with Crippen molar-refractivity contribution in [1.82, 2.24) is 20.2 Å². The smallest absolute Gasteiger partial charge is 0.193 e. The highest BCUT2D eigenvalue weighted by Crippen LogP contribution is 2.15. The van der Waals surface area contributed by atoms with E-state index >= 15 is 0 Å². The van der Waals surface area contributed by atoms with Gasteiger partial charge in [-0.1, -0.05) is 30.3 Å². The molecule has 0 spiro atoms. The van der Waals surface area contributed by atoms with Crippen molar-refractivity contribution in [1.29, 1.82) is 0 Å². The first-order chi connectivity index (χ1) is 11.7. The average molecular weight is 449 g/mol. The van der Waals surface area contributed by atoms with Crippen molar-refractivity contribution in [3.05, 3.63) is 66.0 Å². The van der Waals surface area contributed by atoms with Gasteiger partial charge < -0.3 is 15.2 Å². The zero-order chi connectivity index (χ0) is 16.8. The molecule has 0 amide bonds. The zero-order valence-electron chi connectivity index (χ0n) is 14.6. The predicted octanol–water partition coefficient (Wildman–Crippen LogP) is 3.43. The number of pyridine rings is 1. The summed E-state index contributed by atoms with van der Waals surface area (Å²) in [7, 11) is 4.01. The predicted molar refractivity (Wildman–Crippen MR) is 114 cm³/mol. The molecule has 2 N–H and O–H groups in total. The van der Waals surface area contributed by atoms with E-state index in [1.54, 1.807) is 6.20 Å². The number of nitrogens with one attached hydrogen (secondary N) is 2. The molecule has 0 aliphatic carbocycles. The van der Waals surface area contributed by atoms with E-state index in [0.29, 0.717) is 6.54 Å². The van der Waals surface area contributed by atoms with Crippen LogP contribution in [0.4, 0.5) is 0 Å². The van der Waals surface area contributed by atoms with Gasteiger partial charge in [0.2, 0.25) is 0 Å². The quantitative estimate of drug-likeness (QED) is 0.357. The van der Waals surface area contributed by atoms with Gasteiger partial charge in [-0.25, -0.2) is 9.98 Å². The van der Waals surface area contributed by atoms with Crippen LogP contribution >= 0.6 is 24.0 Å². The minimum atomic E-state index is 0. The molecule has 0 bridgehead atoms. The summed E-state index contributed by atoms with van der Waals surface area (Å²) in [6.07, 6.45) is 4.76. The molecule has 0 fully saturated rings. The third-order valence-electron chi connectivity index (χ3n) is 3.89. The first-order valence-corrected chi connectivity index (χ1v) is 8.14. The molecule has 0 saturated carbocycles. The van der Waals surface area contributed by atoms with Crippen molar-refractivity contribution in [3.63, 3.8) is 0 Å². The number of hydrogen-bond donors (Lipinski definition) is 2. The van der Waals surface area contributed by atoms with Crippen molar-refractivity contribution in [2.75, 3.05) is 20.6 Å². The second-order valence-electron chi connectivity index (χ2n) is 5.91. The van der Waals surface area contributed by atoms with Gasteiger partial charge in [-0.15, -0.1) is 24.0 Å². The lowest BCUT2D eigenvalue weighted by Gasteiger charge is -2.17. The number of rotatable bonds is 5. The van der Waals surface area contributed by atoms with Crippen LogP contribution in [0.5, 0.6) is 0 Å². The fourth-order valence-electron chi connectivity index (χ4n) is 2.63. The van der Waals surface area contributed by atoms with Gasteiger partial charge >= 0.3 is 0 Å². The number of aromatic amines is 1. The summed E-state index contributed by atoms with van der Waals surface area (Å²) in [5.74, 6) is 0.900. The van der Waals surface area contributed by atoms with Gasteiger partial charge in [0.15, 0.2) is 5.96 Å². The van der Waals surface area contributed by atoms with Crippen LogP contribution in [0.3, 0.4) is 0 Å². The van der Waals surface area contributed by atoms with Crippen LogP contribution in [0.1, 0.15) is 11.1 Å². The lowest BCUT2D eigenvalue weighted by Crippen LogP contribution is -2.37. The molecular weight excluding hydrogens is 425 g/mol. The molecule has 0 aliphatic rings. The maximum atomic E-state index is 4.69. The summed E-state index contributed by atoms with van der Waals surface area (Å²) < 4.78 is 0. The van der Waals surface area contributed by atoms with Crippen LogP contribution in [0.2, 0.25) is 0 Å². The van der Waals surface area contributed by atoms with E-state index in [4.69, 9.17) is 0 Å². The molecule has 5 nitrogen and oxygen atoms in total. The molecule has 1 aromatic carbocycles. The first kappa shape index (κ1) is 19.2. The summed E-state index contributed by atoms with van der Waals surface area (Å²) in [6, 6.07) is 14.4. The number of hydrogen-bond acceptors (Lipinski definition) is 2. The topological polar surface area (TPSA) is 56.3 Å². The van der Waals surface area contributed by atoms with Crippen LogP contribution in [-0.2, 0) is 13.0 Å². The number of halogens is 1. The highest BCUT2D eigenvalue weighted by atomic mass is 127. The van der Waals surface area contributed by atoms with E-state index in [-0.39, 0.29) is 24.0 Å². The monoisotopic (exact) mass is 449 g/mol. The Kier molecular flexibility index (Phi) is 7.24. The molecule has 0 aliphatic heterocycles. The first-order valence-electron chi connectivity index (χ1n) is 8.14. The van der Waals surface area contributed by atoms with Gasteiger partial charge in [0.1, 0.15) is 5.65 Å². The minimum absolute atomic E-state index is 0. The largest absolute Gasteiger partial charge is 0.356 e. The Morgan fingerprint density at radius 3 is 2.72 bits per heavy atom. The minimum Gasteiger partial charge on any atom is -0.356 e. The Bertz CT molecular complexity index is 811. The number of fused-ring (bicyclic) bond motifs is 1. The van der Waals surface area contributed by atoms with Crippen LogP contribution in [0.15, 0.2) is 59.9 Å². The van der Waals surface area contributed by atoms with Crippen molar-refractivity contribution >= 4 is 41.0 Å². The van der Waals surface area contributed by atoms with E-state index in [2.05, 4.69) is 38.5 Å². The molecule has 0 atom stereocenters. The molecule has 6 heteroatoms. The number of aliphatic imine (C=N–C) groups is 1. The van der Waals surface area contributed by atoms with Gasteiger partial charge in [0.05, 0.1) is 6.54 Å². The van der Waals surface area contributed by atoms with E-state index in [9.17, 15) is 0 Å².